The van der Waals surface area contributed by atoms with Crippen LogP contribution in [0.15, 0.2) is 36.7 Å². The van der Waals surface area contributed by atoms with E-state index in [1.165, 1.54) is 30.8 Å². The van der Waals surface area contributed by atoms with Crippen LogP contribution in [0, 0.1) is 0 Å². The molecular formula is C14H11N3O3S. The Labute approximate surface area is 123 Å². The molecule has 2 aromatic heterocycles. The third kappa shape index (κ3) is 2.38. The molecule has 0 bridgehead atoms. The molecule has 0 atom stereocenters. The molecule has 6 nitrogen and oxygen atoms in total. The second-order valence-electron chi connectivity index (χ2n) is 4.24. The molecule has 0 spiro atoms. The van der Waals surface area contributed by atoms with Gasteiger partial charge in [0.15, 0.2) is 0 Å². The van der Waals surface area contributed by atoms with Crippen LogP contribution in [0.3, 0.4) is 0 Å². The molecule has 21 heavy (non-hydrogen) atoms. The standard InChI is InChI=1S/C14H11N3O3S/c1-20-14(19)12-11(9-4-2-3-5-10(9)21-12)17-13(18)8-6-15-16-7-8/h2-7H,1H3,(H,15,16)(H,17,18). The van der Waals surface area contributed by atoms with Crippen LogP contribution in [0.4, 0.5) is 5.69 Å². The van der Waals surface area contributed by atoms with Gasteiger partial charge in [0, 0.05) is 16.3 Å². The summed E-state index contributed by atoms with van der Waals surface area (Å²) in [6.07, 6.45) is 2.91. The average Bonchev–Trinajstić information content (AvgIpc) is 3.15. The zero-order chi connectivity index (χ0) is 14.8. The lowest BCUT2D eigenvalue weighted by molar-refractivity contribution is 0.0607. The Morgan fingerprint density at radius 2 is 2.14 bits per heavy atom. The predicted octanol–water partition coefficient (Wildman–Crippen LogP) is 2.66. The zero-order valence-electron chi connectivity index (χ0n) is 11.0. The van der Waals surface area contributed by atoms with Crippen molar-refractivity contribution in [3.05, 3.63) is 47.1 Å². The van der Waals surface area contributed by atoms with E-state index in [9.17, 15) is 9.59 Å². The number of amides is 1. The van der Waals surface area contributed by atoms with Crippen molar-refractivity contribution in [2.75, 3.05) is 12.4 Å². The van der Waals surface area contributed by atoms with Gasteiger partial charge in [0.1, 0.15) is 4.88 Å². The van der Waals surface area contributed by atoms with Gasteiger partial charge in [0.25, 0.3) is 5.91 Å². The monoisotopic (exact) mass is 301 g/mol. The number of carbonyl (C=O) groups excluding carboxylic acids is 2. The fourth-order valence-corrected chi connectivity index (χ4v) is 3.04. The number of H-pyrrole nitrogens is 1. The number of hydrogen-bond donors (Lipinski definition) is 2. The first kappa shape index (κ1) is 13.3. The topological polar surface area (TPSA) is 84.1 Å². The molecule has 0 aliphatic carbocycles. The summed E-state index contributed by atoms with van der Waals surface area (Å²) in [5.74, 6) is -0.809. The first-order valence-electron chi connectivity index (χ1n) is 6.10. The number of fused-ring (bicyclic) bond motifs is 1. The smallest absolute Gasteiger partial charge is 0.350 e. The van der Waals surface area contributed by atoms with Crippen LogP contribution >= 0.6 is 11.3 Å². The Hall–Kier alpha value is -2.67. The van der Waals surface area contributed by atoms with Gasteiger partial charge < -0.3 is 10.1 Å². The van der Waals surface area contributed by atoms with Crippen LogP contribution < -0.4 is 5.32 Å². The fourth-order valence-electron chi connectivity index (χ4n) is 1.97. The zero-order valence-corrected chi connectivity index (χ0v) is 11.9. The molecule has 106 valence electrons. The number of nitrogens with one attached hydrogen (secondary N) is 2. The molecule has 0 saturated carbocycles. The molecular weight excluding hydrogens is 290 g/mol. The van der Waals surface area contributed by atoms with E-state index in [0.717, 1.165) is 10.1 Å². The SMILES string of the molecule is COC(=O)c1sc2ccccc2c1NC(=O)c1cn[nH]c1. The molecule has 2 N–H and O–H groups in total. The van der Waals surface area contributed by atoms with Crippen LogP contribution in [0.5, 0.6) is 0 Å². The van der Waals surface area contributed by atoms with Crippen LogP contribution in [0.2, 0.25) is 0 Å². The lowest BCUT2D eigenvalue weighted by atomic mass is 10.2. The van der Waals surface area contributed by atoms with Crippen molar-refractivity contribution >= 4 is 39.0 Å². The maximum absolute atomic E-state index is 12.2. The lowest BCUT2D eigenvalue weighted by Gasteiger charge is -2.05. The minimum atomic E-state index is -0.473. The Bertz CT molecular complexity index is 808. The highest BCUT2D eigenvalue weighted by Gasteiger charge is 2.21. The van der Waals surface area contributed by atoms with Crippen molar-refractivity contribution in [3.63, 3.8) is 0 Å². The van der Waals surface area contributed by atoms with Gasteiger partial charge in [-0.2, -0.15) is 5.10 Å². The Kier molecular flexibility index (Phi) is 3.41. The van der Waals surface area contributed by atoms with E-state index < -0.39 is 5.97 Å². The van der Waals surface area contributed by atoms with E-state index in [1.807, 2.05) is 24.3 Å². The quantitative estimate of drug-likeness (QED) is 0.728. The van der Waals surface area contributed by atoms with Crippen molar-refractivity contribution in [3.8, 4) is 0 Å². The second-order valence-corrected chi connectivity index (χ2v) is 5.29. The van der Waals surface area contributed by atoms with E-state index in [0.29, 0.717) is 16.1 Å². The number of aromatic amines is 1. The Morgan fingerprint density at radius 3 is 2.86 bits per heavy atom. The first-order chi connectivity index (χ1) is 10.2. The molecule has 2 heterocycles. The van der Waals surface area contributed by atoms with Crippen LogP contribution in [-0.4, -0.2) is 29.2 Å². The van der Waals surface area contributed by atoms with E-state index in [4.69, 9.17) is 4.74 Å². The number of nitrogens with zero attached hydrogens (tertiary/aromatic N) is 1. The van der Waals surface area contributed by atoms with Crippen molar-refractivity contribution in [1.29, 1.82) is 0 Å². The molecule has 0 aliphatic rings. The maximum atomic E-state index is 12.2. The summed E-state index contributed by atoms with van der Waals surface area (Å²) in [5.41, 5.74) is 0.856. The normalized spacial score (nSPS) is 10.5. The third-order valence-corrected chi connectivity index (χ3v) is 4.12. The van der Waals surface area contributed by atoms with E-state index in [1.54, 1.807) is 0 Å². The minimum Gasteiger partial charge on any atom is -0.465 e. The molecule has 0 aliphatic heterocycles. The molecule has 0 saturated heterocycles. The minimum absolute atomic E-state index is 0.336. The van der Waals surface area contributed by atoms with E-state index in [2.05, 4.69) is 15.5 Å². The lowest BCUT2D eigenvalue weighted by Crippen LogP contribution is -2.13. The number of aromatic nitrogens is 2. The van der Waals surface area contributed by atoms with E-state index >= 15 is 0 Å². The maximum Gasteiger partial charge on any atom is 0.350 e. The average molecular weight is 301 g/mol. The van der Waals surface area contributed by atoms with Gasteiger partial charge in [0.05, 0.1) is 24.6 Å². The van der Waals surface area contributed by atoms with Gasteiger partial charge in [-0.25, -0.2) is 4.79 Å². The number of esters is 1. The second kappa shape index (κ2) is 5.37. The number of ether oxygens (including phenoxy) is 1. The summed E-state index contributed by atoms with van der Waals surface area (Å²) in [4.78, 5) is 24.4. The molecule has 7 heteroatoms. The Balaban J connectivity index is 2.07. The van der Waals surface area contributed by atoms with Crippen molar-refractivity contribution in [2.45, 2.75) is 0 Å². The van der Waals surface area contributed by atoms with E-state index in [-0.39, 0.29) is 5.91 Å². The first-order valence-corrected chi connectivity index (χ1v) is 6.92. The number of carbonyl (C=O) groups is 2. The molecule has 1 aromatic carbocycles. The number of hydrogen-bond acceptors (Lipinski definition) is 5. The summed E-state index contributed by atoms with van der Waals surface area (Å²) >= 11 is 1.28. The highest BCUT2D eigenvalue weighted by atomic mass is 32.1. The van der Waals surface area contributed by atoms with Gasteiger partial charge in [-0.3, -0.25) is 9.89 Å². The van der Waals surface area contributed by atoms with Crippen LogP contribution in [0.25, 0.3) is 10.1 Å². The van der Waals surface area contributed by atoms with Crippen molar-refractivity contribution in [1.82, 2.24) is 10.2 Å². The van der Waals surface area contributed by atoms with Gasteiger partial charge in [-0.1, -0.05) is 18.2 Å². The fraction of sp³-hybridized carbons (Fsp3) is 0.0714. The number of thiophene rings is 1. The summed E-state index contributed by atoms with van der Waals surface area (Å²) in [5, 5.41) is 9.88. The van der Waals surface area contributed by atoms with Gasteiger partial charge in [-0.15, -0.1) is 11.3 Å². The van der Waals surface area contributed by atoms with Gasteiger partial charge in [-0.05, 0) is 6.07 Å². The summed E-state index contributed by atoms with van der Waals surface area (Å²) < 4.78 is 5.68. The molecule has 0 radical (unpaired) electrons. The molecule has 0 unspecified atom stereocenters. The summed E-state index contributed by atoms with van der Waals surface area (Å²) in [6, 6.07) is 7.47. The largest absolute Gasteiger partial charge is 0.465 e. The molecule has 0 fully saturated rings. The van der Waals surface area contributed by atoms with Crippen LogP contribution in [0.1, 0.15) is 20.0 Å². The molecule has 1 amide bonds. The van der Waals surface area contributed by atoms with Crippen molar-refractivity contribution < 1.29 is 14.3 Å². The van der Waals surface area contributed by atoms with Gasteiger partial charge >= 0.3 is 5.97 Å². The highest BCUT2D eigenvalue weighted by molar-refractivity contribution is 7.21. The highest BCUT2D eigenvalue weighted by Crippen LogP contribution is 2.36. The number of methoxy groups -OCH3 is 1. The molecule has 3 aromatic rings. The van der Waals surface area contributed by atoms with Crippen LogP contribution in [-0.2, 0) is 4.74 Å². The third-order valence-electron chi connectivity index (χ3n) is 2.97. The number of rotatable bonds is 3. The number of benzene rings is 1. The van der Waals surface area contributed by atoms with Gasteiger partial charge in [0.2, 0.25) is 0 Å². The Morgan fingerprint density at radius 1 is 1.33 bits per heavy atom. The molecule has 3 rings (SSSR count). The number of anilines is 1. The summed E-state index contributed by atoms with van der Waals surface area (Å²) in [7, 11) is 1.31. The predicted molar refractivity (Wildman–Crippen MR) is 79.7 cm³/mol. The van der Waals surface area contributed by atoms with Crippen molar-refractivity contribution in [2.24, 2.45) is 0 Å². The summed E-state index contributed by atoms with van der Waals surface area (Å²) in [6.45, 7) is 0.